The largest absolute Gasteiger partial charge is 0.504 e. The minimum absolute atomic E-state index is 0.0718. The Kier molecular flexibility index (Phi) is 5.04. The average Bonchev–Trinajstić information content (AvgIpc) is 3.08. The van der Waals surface area contributed by atoms with Gasteiger partial charge in [0.15, 0.2) is 11.5 Å². The summed E-state index contributed by atoms with van der Waals surface area (Å²) in [6.07, 6.45) is 3.80. The number of esters is 1. The Labute approximate surface area is 190 Å². The van der Waals surface area contributed by atoms with E-state index in [-0.39, 0.29) is 40.9 Å². The van der Waals surface area contributed by atoms with Gasteiger partial charge in [0.1, 0.15) is 11.7 Å². The zero-order valence-electron chi connectivity index (χ0n) is 19.9. The van der Waals surface area contributed by atoms with Crippen LogP contribution in [0.1, 0.15) is 57.6 Å². The first-order valence-electron chi connectivity index (χ1n) is 11.9. The molecule has 2 N–H and O–H groups in total. The summed E-state index contributed by atoms with van der Waals surface area (Å²) in [5.74, 6) is 0.651. The molecule has 2 fully saturated rings. The van der Waals surface area contributed by atoms with Gasteiger partial charge in [0.05, 0.1) is 17.4 Å². The molecule has 2 heterocycles. The molecule has 1 spiro atoms. The van der Waals surface area contributed by atoms with Crippen molar-refractivity contribution in [1.29, 1.82) is 0 Å². The Bertz CT molecular complexity index is 928. The maximum absolute atomic E-state index is 12.2. The van der Waals surface area contributed by atoms with Gasteiger partial charge in [-0.2, -0.15) is 0 Å². The molecule has 2 unspecified atom stereocenters. The highest BCUT2D eigenvalue weighted by atomic mass is 16.6. The molecule has 1 saturated carbocycles. The number of methoxy groups -OCH3 is 1. The quantitative estimate of drug-likeness (QED) is 0.676. The Hall–Kier alpha value is -1.83. The molecule has 2 aliphatic heterocycles. The number of hydrogen-bond acceptors (Lipinski definition) is 7. The van der Waals surface area contributed by atoms with Gasteiger partial charge >= 0.3 is 5.97 Å². The molecule has 0 amide bonds. The second-order valence-electron chi connectivity index (χ2n) is 10.9. The number of phenols is 1. The molecule has 2 bridgehead atoms. The molecule has 1 aromatic rings. The van der Waals surface area contributed by atoms with Crippen molar-refractivity contribution in [2.75, 3.05) is 27.2 Å². The van der Waals surface area contributed by atoms with E-state index in [1.165, 1.54) is 5.56 Å². The smallest absolute Gasteiger partial charge is 0.307 e. The summed E-state index contributed by atoms with van der Waals surface area (Å²) in [6.45, 7) is 7.16. The van der Waals surface area contributed by atoms with Crippen LogP contribution in [-0.4, -0.2) is 72.6 Å². The second-order valence-corrected chi connectivity index (χ2v) is 10.9. The fourth-order valence-corrected chi connectivity index (χ4v) is 7.10. The number of benzene rings is 1. The van der Waals surface area contributed by atoms with Crippen LogP contribution < -0.4 is 10.1 Å². The first-order chi connectivity index (χ1) is 15.1. The van der Waals surface area contributed by atoms with Crippen molar-refractivity contribution in [3.8, 4) is 11.5 Å². The SMILES string of the molecule is CO[C@@]12CC[C@@H](NCCC(=O)OC(C)(C)C)[C@@H]3Oc4c(O)ccc5c4C31CCN(C)C2C5. The number of likely N-dealkylation sites (tertiary alicyclic amines) is 1. The van der Waals surface area contributed by atoms with E-state index in [9.17, 15) is 9.90 Å². The fourth-order valence-electron chi connectivity index (χ4n) is 7.10. The number of likely N-dealkylation sites (N-methyl/N-ethyl adjacent to an activating group) is 1. The average molecular weight is 445 g/mol. The van der Waals surface area contributed by atoms with E-state index in [4.69, 9.17) is 14.2 Å². The van der Waals surface area contributed by atoms with E-state index in [0.717, 1.165) is 37.8 Å². The fraction of sp³-hybridized carbons (Fsp3) is 0.720. The maximum Gasteiger partial charge on any atom is 0.307 e. The lowest BCUT2D eigenvalue weighted by molar-refractivity contribution is -0.203. The highest BCUT2D eigenvalue weighted by Crippen LogP contribution is 2.66. The Morgan fingerprint density at radius 2 is 2.12 bits per heavy atom. The van der Waals surface area contributed by atoms with Gasteiger partial charge in [0, 0.05) is 31.3 Å². The minimum atomic E-state index is -0.478. The van der Waals surface area contributed by atoms with Crippen LogP contribution in [0.5, 0.6) is 11.5 Å². The lowest BCUT2D eigenvalue weighted by atomic mass is 9.48. The lowest BCUT2D eigenvalue weighted by Crippen LogP contribution is -2.78. The highest BCUT2D eigenvalue weighted by molar-refractivity contribution is 5.70. The van der Waals surface area contributed by atoms with Crippen molar-refractivity contribution >= 4 is 5.97 Å². The van der Waals surface area contributed by atoms with E-state index in [2.05, 4.69) is 23.3 Å². The van der Waals surface area contributed by atoms with Gasteiger partial charge in [-0.1, -0.05) is 6.07 Å². The number of hydrogen-bond donors (Lipinski definition) is 2. The molecule has 7 nitrogen and oxygen atoms in total. The number of nitrogens with one attached hydrogen (secondary N) is 1. The molecule has 5 atom stereocenters. The standard InChI is InChI=1S/C25H36N2O5/c1-23(2,3)32-19(29)9-12-26-16-8-10-25(30-5)18-14-15-6-7-17(28)21-20(15)24(25,22(16)31-21)11-13-27(18)4/h6-7,16,18,22,26,28H,8-14H2,1-5H3/t16-,18?,22+,24?,25-/m1/s1. The third-order valence-corrected chi connectivity index (χ3v) is 8.21. The van der Waals surface area contributed by atoms with Crippen molar-refractivity contribution in [2.24, 2.45) is 0 Å². The molecule has 176 valence electrons. The van der Waals surface area contributed by atoms with Gasteiger partial charge in [0.25, 0.3) is 0 Å². The van der Waals surface area contributed by atoms with Crippen LogP contribution in [0.2, 0.25) is 0 Å². The van der Waals surface area contributed by atoms with Gasteiger partial charge in [-0.05, 0) is 71.7 Å². The van der Waals surface area contributed by atoms with Crippen LogP contribution in [0.4, 0.5) is 0 Å². The molecule has 0 radical (unpaired) electrons. The topological polar surface area (TPSA) is 80.3 Å². The highest BCUT2D eigenvalue weighted by Gasteiger charge is 2.73. The number of phenolic OH excluding ortho intramolecular Hbond substituents is 1. The third kappa shape index (κ3) is 2.94. The molecular formula is C25H36N2O5. The predicted octanol–water partition coefficient (Wildman–Crippen LogP) is 2.52. The van der Waals surface area contributed by atoms with Gasteiger partial charge < -0.3 is 29.5 Å². The number of nitrogens with zero attached hydrogens (tertiary/aromatic N) is 1. The normalized spacial score (nSPS) is 35.2. The number of carbonyl (C=O) groups is 1. The molecule has 1 aromatic carbocycles. The van der Waals surface area contributed by atoms with Crippen molar-refractivity contribution in [3.63, 3.8) is 0 Å². The van der Waals surface area contributed by atoms with Gasteiger partial charge in [-0.3, -0.25) is 4.79 Å². The van der Waals surface area contributed by atoms with Crippen LogP contribution in [0.15, 0.2) is 12.1 Å². The molecule has 7 heteroatoms. The lowest BCUT2D eigenvalue weighted by Gasteiger charge is -2.65. The summed E-state index contributed by atoms with van der Waals surface area (Å²) < 4.78 is 18.5. The Balaban J connectivity index is 1.46. The predicted molar refractivity (Wildman–Crippen MR) is 120 cm³/mol. The van der Waals surface area contributed by atoms with Crippen LogP contribution in [0.25, 0.3) is 0 Å². The van der Waals surface area contributed by atoms with Crippen molar-refractivity contribution in [2.45, 2.75) is 87.7 Å². The molecule has 5 rings (SSSR count). The zero-order valence-corrected chi connectivity index (χ0v) is 19.9. The van der Waals surface area contributed by atoms with Crippen LogP contribution >= 0.6 is 0 Å². The summed E-state index contributed by atoms with van der Waals surface area (Å²) >= 11 is 0. The molecule has 4 aliphatic rings. The van der Waals surface area contributed by atoms with E-state index in [1.54, 1.807) is 6.07 Å². The number of ether oxygens (including phenoxy) is 3. The Morgan fingerprint density at radius 1 is 1.34 bits per heavy atom. The molecule has 0 aromatic heterocycles. The van der Waals surface area contributed by atoms with Gasteiger partial charge in [0.2, 0.25) is 0 Å². The first-order valence-corrected chi connectivity index (χ1v) is 11.9. The van der Waals surface area contributed by atoms with Crippen LogP contribution in [-0.2, 0) is 26.1 Å². The summed E-state index contributed by atoms with van der Waals surface area (Å²) in [6, 6.07) is 4.18. The summed E-state index contributed by atoms with van der Waals surface area (Å²) in [5, 5.41) is 14.3. The monoisotopic (exact) mass is 444 g/mol. The van der Waals surface area contributed by atoms with E-state index >= 15 is 0 Å². The van der Waals surface area contributed by atoms with E-state index in [1.807, 2.05) is 27.9 Å². The number of rotatable bonds is 5. The summed E-state index contributed by atoms with van der Waals surface area (Å²) in [7, 11) is 4.04. The molecule has 2 aliphatic carbocycles. The first kappa shape index (κ1) is 22.0. The van der Waals surface area contributed by atoms with Crippen LogP contribution in [0, 0.1) is 0 Å². The number of piperidine rings is 1. The van der Waals surface area contributed by atoms with Crippen LogP contribution in [0.3, 0.4) is 0 Å². The number of aromatic hydroxyl groups is 1. The van der Waals surface area contributed by atoms with E-state index < -0.39 is 5.60 Å². The maximum atomic E-state index is 12.2. The number of carbonyl (C=O) groups excluding carboxylic acids is 1. The van der Waals surface area contributed by atoms with Gasteiger partial charge in [-0.15, -0.1) is 0 Å². The van der Waals surface area contributed by atoms with Crippen molar-refractivity contribution in [1.82, 2.24) is 10.2 Å². The van der Waals surface area contributed by atoms with Crippen molar-refractivity contribution in [3.05, 3.63) is 23.3 Å². The summed E-state index contributed by atoms with van der Waals surface area (Å²) in [5.41, 5.74) is 1.29. The molecule has 1 saturated heterocycles. The zero-order chi connectivity index (χ0) is 22.9. The summed E-state index contributed by atoms with van der Waals surface area (Å²) in [4.78, 5) is 14.7. The minimum Gasteiger partial charge on any atom is -0.504 e. The van der Waals surface area contributed by atoms with E-state index in [0.29, 0.717) is 18.7 Å². The molecule has 32 heavy (non-hydrogen) atoms. The second kappa shape index (κ2) is 7.34. The Morgan fingerprint density at radius 3 is 2.84 bits per heavy atom. The van der Waals surface area contributed by atoms with Crippen molar-refractivity contribution < 1.29 is 24.1 Å². The third-order valence-electron chi connectivity index (χ3n) is 8.21. The molecular weight excluding hydrogens is 408 g/mol. The van der Waals surface area contributed by atoms with Gasteiger partial charge in [-0.25, -0.2) is 0 Å².